The highest BCUT2D eigenvalue weighted by Gasteiger charge is 2.34. The Kier molecular flexibility index (Phi) is 3.89. The molecule has 1 N–H and O–H groups in total. The summed E-state index contributed by atoms with van der Waals surface area (Å²) < 4.78 is 0.945. The number of hydrogen-bond donors (Lipinski definition) is 1. The third-order valence-corrected chi connectivity index (χ3v) is 4.51. The summed E-state index contributed by atoms with van der Waals surface area (Å²) in [6.45, 7) is 3.17. The van der Waals surface area contributed by atoms with Crippen LogP contribution in [0.4, 0.5) is 0 Å². The SMILES string of the molecule is O=C(NC[C@@H]1CCN(C2CC2)C1)c1cccc(Br)c1. The van der Waals surface area contributed by atoms with E-state index in [2.05, 4.69) is 26.1 Å². The number of halogens is 1. The maximum atomic E-state index is 12.0. The fourth-order valence-corrected chi connectivity index (χ4v) is 3.17. The molecule has 2 aliphatic rings. The number of nitrogens with one attached hydrogen (secondary N) is 1. The maximum Gasteiger partial charge on any atom is 0.251 e. The number of likely N-dealkylation sites (tertiary alicyclic amines) is 1. The number of hydrogen-bond acceptors (Lipinski definition) is 2. The van der Waals surface area contributed by atoms with Gasteiger partial charge >= 0.3 is 0 Å². The molecule has 3 nitrogen and oxygen atoms in total. The molecule has 0 bridgehead atoms. The van der Waals surface area contributed by atoms with Crippen molar-refractivity contribution in [2.75, 3.05) is 19.6 Å². The predicted octanol–water partition coefficient (Wildman–Crippen LogP) is 2.66. The Morgan fingerprint density at radius 2 is 2.21 bits per heavy atom. The molecule has 2 fully saturated rings. The lowest BCUT2D eigenvalue weighted by Gasteiger charge is -2.15. The smallest absolute Gasteiger partial charge is 0.251 e. The minimum atomic E-state index is 0.0335. The number of carbonyl (C=O) groups is 1. The summed E-state index contributed by atoms with van der Waals surface area (Å²) in [5.74, 6) is 0.655. The van der Waals surface area contributed by atoms with E-state index in [-0.39, 0.29) is 5.91 Å². The molecule has 4 heteroatoms. The van der Waals surface area contributed by atoms with E-state index in [1.54, 1.807) is 0 Å². The molecular weight excluding hydrogens is 304 g/mol. The van der Waals surface area contributed by atoms with Crippen molar-refractivity contribution in [3.63, 3.8) is 0 Å². The Bertz CT molecular complexity index is 473. The Balaban J connectivity index is 1.48. The van der Waals surface area contributed by atoms with Crippen LogP contribution >= 0.6 is 15.9 Å². The van der Waals surface area contributed by atoms with Crippen molar-refractivity contribution < 1.29 is 4.79 Å². The summed E-state index contributed by atoms with van der Waals surface area (Å²) in [6, 6.07) is 8.39. The van der Waals surface area contributed by atoms with Crippen LogP contribution in [0.2, 0.25) is 0 Å². The Hall–Kier alpha value is -0.870. The van der Waals surface area contributed by atoms with Gasteiger partial charge in [0.25, 0.3) is 5.91 Å². The normalized spacial score (nSPS) is 23.5. The first-order valence-electron chi connectivity index (χ1n) is 7.00. The fraction of sp³-hybridized carbons (Fsp3) is 0.533. The second-order valence-electron chi connectivity index (χ2n) is 5.60. The van der Waals surface area contributed by atoms with Gasteiger partial charge in [-0.3, -0.25) is 4.79 Å². The fourth-order valence-electron chi connectivity index (χ4n) is 2.77. The van der Waals surface area contributed by atoms with Gasteiger partial charge in [-0.15, -0.1) is 0 Å². The van der Waals surface area contributed by atoms with E-state index in [4.69, 9.17) is 0 Å². The van der Waals surface area contributed by atoms with Crippen LogP contribution in [0.15, 0.2) is 28.7 Å². The average molecular weight is 323 g/mol. The third kappa shape index (κ3) is 3.37. The predicted molar refractivity (Wildman–Crippen MR) is 79.2 cm³/mol. The molecule has 0 radical (unpaired) electrons. The van der Waals surface area contributed by atoms with Gasteiger partial charge in [0.2, 0.25) is 0 Å². The summed E-state index contributed by atoms with van der Waals surface area (Å²) in [4.78, 5) is 14.6. The van der Waals surface area contributed by atoms with Crippen molar-refractivity contribution >= 4 is 21.8 Å². The first-order chi connectivity index (χ1) is 9.22. The molecule has 0 unspecified atom stereocenters. The summed E-state index contributed by atoms with van der Waals surface area (Å²) in [5, 5.41) is 3.06. The van der Waals surface area contributed by atoms with Crippen molar-refractivity contribution in [3.05, 3.63) is 34.3 Å². The minimum absolute atomic E-state index is 0.0335. The van der Waals surface area contributed by atoms with Gasteiger partial charge in [-0.05, 0) is 49.9 Å². The number of rotatable bonds is 4. The molecule has 1 aromatic carbocycles. The zero-order valence-corrected chi connectivity index (χ0v) is 12.5. The molecule has 1 heterocycles. The lowest BCUT2D eigenvalue weighted by molar-refractivity contribution is 0.0947. The molecule has 1 amide bonds. The maximum absolute atomic E-state index is 12.0. The number of amides is 1. The zero-order chi connectivity index (χ0) is 13.2. The van der Waals surface area contributed by atoms with Crippen LogP contribution in [0.1, 0.15) is 29.6 Å². The lowest BCUT2D eigenvalue weighted by Crippen LogP contribution is -2.31. The molecule has 1 aliphatic carbocycles. The van der Waals surface area contributed by atoms with Gasteiger partial charge in [0.15, 0.2) is 0 Å². The van der Waals surface area contributed by atoms with Gasteiger partial charge in [0.05, 0.1) is 0 Å². The average Bonchev–Trinajstić information content (AvgIpc) is 3.15. The number of benzene rings is 1. The van der Waals surface area contributed by atoms with Gasteiger partial charge in [-0.1, -0.05) is 22.0 Å². The van der Waals surface area contributed by atoms with Gasteiger partial charge in [-0.2, -0.15) is 0 Å². The highest BCUT2D eigenvalue weighted by atomic mass is 79.9. The van der Waals surface area contributed by atoms with E-state index in [1.165, 1.54) is 25.8 Å². The van der Waals surface area contributed by atoms with Crippen molar-refractivity contribution in [1.82, 2.24) is 10.2 Å². The summed E-state index contributed by atoms with van der Waals surface area (Å²) in [5.41, 5.74) is 0.728. The van der Waals surface area contributed by atoms with Gasteiger partial charge in [0.1, 0.15) is 0 Å². The summed E-state index contributed by atoms with van der Waals surface area (Å²) >= 11 is 3.39. The zero-order valence-electron chi connectivity index (χ0n) is 10.9. The molecule has 1 aromatic rings. The molecule has 3 rings (SSSR count). The Labute approximate surface area is 122 Å². The van der Waals surface area contributed by atoms with E-state index in [0.717, 1.165) is 29.2 Å². The van der Waals surface area contributed by atoms with Crippen LogP contribution in [0.25, 0.3) is 0 Å². The molecular formula is C15H19BrN2O. The van der Waals surface area contributed by atoms with E-state index in [1.807, 2.05) is 24.3 Å². The van der Waals surface area contributed by atoms with Gasteiger partial charge < -0.3 is 10.2 Å². The second-order valence-corrected chi connectivity index (χ2v) is 6.52. The van der Waals surface area contributed by atoms with E-state index < -0.39 is 0 Å². The molecule has 1 saturated heterocycles. The second kappa shape index (κ2) is 5.63. The standard InChI is InChI=1S/C15H19BrN2O/c16-13-3-1-2-12(8-13)15(19)17-9-11-6-7-18(10-11)14-4-5-14/h1-3,8,11,14H,4-7,9-10H2,(H,17,19)/t11-/m0/s1. The molecule has 1 atom stereocenters. The first kappa shape index (κ1) is 13.1. The van der Waals surface area contributed by atoms with E-state index >= 15 is 0 Å². The van der Waals surface area contributed by atoms with Crippen LogP contribution < -0.4 is 5.32 Å². The summed E-state index contributed by atoms with van der Waals surface area (Å²) in [7, 11) is 0. The summed E-state index contributed by atoms with van der Waals surface area (Å²) in [6.07, 6.45) is 3.96. The topological polar surface area (TPSA) is 32.3 Å². The van der Waals surface area contributed by atoms with E-state index in [0.29, 0.717) is 5.92 Å². The van der Waals surface area contributed by atoms with Crippen LogP contribution in [0.3, 0.4) is 0 Å². The molecule has 0 spiro atoms. The van der Waals surface area contributed by atoms with Crippen LogP contribution in [-0.4, -0.2) is 36.5 Å². The minimum Gasteiger partial charge on any atom is -0.352 e. The van der Waals surface area contributed by atoms with Crippen LogP contribution in [-0.2, 0) is 0 Å². The van der Waals surface area contributed by atoms with E-state index in [9.17, 15) is 4.79 Å². The monoisotopic (exact) mass is 322 g/mol. The lowest BCUT2D eigenvalue weighted by atomic mass is 10.1. The van der Waals surface area contributed by atoms with Crippen molar-refractivity contribution in [2.24, 2.45) is 5.92 Å². The van der Waals surface area contributed by atoms with Crippen molar-refractivity contribution in [1.29, 1.82) is 0 Å². The molecule has 19 heavy (non-hydrogen) atoms. The molecule has 0 aromatic heterocycles. The number of carbonyl (C=O) groups excluding carboxylic acids is 1. The molecule has 1 aliphatic heterocycles. The highest BCUT2D eigenvalue weighted by molar-refractivity contribution is 9.10. The Morgan fingerprint density at radius 1 is 1.37 bits per heavy atom. The number of nitrogens with zero attached hydrogens (tertiary/aromatic N) is 1. The largest absolute Gasteiger partial charge is 0.352 e. The highest BCUT2D eigenvalue weighted by Crippen LogP contribution is 2.31. The molecule has 1 saturated carbocycles. The van der Waals surface area contributed by atoms with Crippen molar-refractivity contribution in [2.45, 2.75) is 25.3 Å². The van der Waals surface area contributed by atoms with Gasteiger partial charge in [-0.25, -0.2) is 0 Å². The quantitative estimate of drug-likeness (QED) is 0.924. The van der Waals surface area contributed by atoms with Crippen molar-refractivity contribution in [3.8, 4) is 0 Å². The van der Waals surface area contributed by atoms with Crippen LogP contribution in [0, 0.1) is 5.92 Å². The van der Waals surface area contributed by atoms with Gasteiger partial charge in [0, 0.05) is 29.2 Å². The molecule has 102 valence electrons. The Morgan fingerprint density at radius 3 is 2.95 bits per heavy atom. The van der Waals surface area contributed by atoms with Crippen LogP contribution in [0.5, 0.6) is 0 Å². The third-order valence-electron chi connectivity index (χ3n) is 4.02. The first-order valence-corrected chi connectivity index (χ1v) is 7.79.